The second-order valence-corrected chi connectivity index (χ2v) is 7.86. The summed E-state index contributed by atoms with van der Waals surface area (Å²) in [7, 11) is 1.57. The SMILES string of the molecule is COc1ccc(Cl)c(Cl)c1[C@@H]1CCN(C(=O)OC(C)(C)C)[C@H](C=O)C1. The fourth-order valence-corrected chi connectivity index (χ4v) is 3.52. The van der Waals surface area contributed by atoms with E-state index in [0.29, 0.717) is 35.2 Å². The molecule has 2 atom stereocenters. The maximum Gasteiger partial charge on any atom is 0.410 e. The molecule has 0 unspecified atom stereocenters. The number of carbonyl (C=O) groups excluding carboxylic acids is 2. The quantitative estimate of drug-likeness (QED) is 0.706. The number of nitrogens with zero attached hydrogens (tertiary/aromatic N) is 1. The van der Waals surface area contributed by atoms with E-state index >= 15 is 0 Å². The summed E-state index contributed by atoms with van der Waals surface area (Å²) < 4.78 is 10.8. The van der Waals surface area contributed by atoms with Crippen molar-refractivity contribution in [1.82, 2.24) is 4.90 Å². The van der Waals surface area contributed by atoms with Crippen molar-refractivity contribution in [3.63, 3.8) is 0 Å². The lowest BCUT2D eigenvalue weighted by atomic mass is 9.85. The van der Waals surface area contributed by atoms with Gasteiger partial charge >= 0.3 is 6.09 Å². The Bertz CT molecular complexity index is 657. The standard InChI is InChI=1S/C18H23Cl2NO4/c1-18(2,3)25-17(23)21-8-7-11(9-12(21)10-22)15-14(24-4)6-5-13(19)16(15)20/h5-6,10-12H,7-9H2,1-4H3/t11-,12+/m1/s1. The zero-order valence-corrected chi connectivity index (χ0v) is 16.4. The molecule has 1 aromatic carbocycles. The van der Waals surface area contributed by atoms with E-state index in [4.69, 9.17) is 32.7 Å². The summed E-state index contributed by atoms with van der Waals surface area (Å²) >= 11 is 12.5. The first kappa shape index (κ1) is 19.9. The molecule has 1 amide bonds. The number of hydrogen-bond acceptors (Lipinski definition) is 4. The van der Waals surface area contributed by atoms with E-state index in [1.54, 1.807) is 40.0 Å². The number of likely N-dealkylation sites (tertiary alicyclic amines) is 1. The second-order valence-electron chi connectivity index (χ2n) is 7.08. The summed E-state index contributed by atoms with van der Waals surface area (Å²) in [6.07, 6.45) is 1.38. The largest absolute Gasteiger partial charge is 0.496 e. The third kappa shape index (κ3) is 4.59. The lowest BCUT2D eigenvalue weighted by Crippen LogP contribution is -2.48. The molecular formula is C18H23Cl2NO4. The van der Waals surface area contributed by atoms with Crippen LogP contribution in [0.5, 0.6) is 5.75 Å². The molecule has 5 nitrogen and oxygen atoms in total. The predicted molar refractivity (Wildman–Crippen MR) is 97.8 cm³/mol. The van der Waals surface area contributed by atoms with Gasteiger partial charge in [0.2, 0.25) is 0 Å². The van der Waals surface area contributed by atoms with Crippen LogP contribution in [0.1, 0.15) is 45.1 Å². The molecule has 0 radical (unpaired) electrons. The summed E-state index contributed by atoms with van der Waals surface area (Å²) in [5, 5.41) is 0.871. The van der Waals surface area contributed by atoms with Crippen molar-refractivity contribution in [1.29, 1.82) is 0 Å². The Hall–Kier alpha value is -1.46. The van der Waals surface area contributed by atoms with Crippen LogP contribution in [0.4, 0.5) is 4.79 Å². The number of benzene rings is 1. The van der Waals surface area contributed by atoms with Crippen molar-refractivity contribution >= 4 is 35.6 Å². The van der Waals surface area contributed by atoms with Gasteiger partial charge in [0.15, 0.2) is 0 Å². The molecule has 2 rings (SSSR count). The van der Waals surface area contributed by atoms with E-state index in [0.717, 1.165) is 11.8 Å². The van der Waals surface area contributed by atoms with Gasteiger partial charge in [-0.3, -0.25) is 4.90 Å². The van der Waals surface area contributed by atoms with Gasteiger partial charge in [-0.05, 0) is 51.7 Å². The van der Waals surface area contributed by atoms with Crippen LogP contribution in [0.25, 0.3) is 0 Å². The Labute approximate surface area is 158 Å². The molecular weight excluding hydrogens is 365 g/mol. The van der Waals surface area contributed by atoms with Crippen molar-refractivity contribution in [2.45, 2.75) is 51.2 Å². The van der Waals surface area contributed by atoms with Gasteiger partial charge in [0.1, 0.15) is 17.6 Å². The monoisotopic (exact) mass is 387 g/mol. The molecule has 0 aliphatic carbocycles. The van der Waals surface area contributed by atoms with Crippen molar-refractivity contribution in [3.8, 4) is 5.75 Å². The Morgan fingerprint density at radius 3 is 2.56 bits per heavy atom. The number of piperidine rings is 1. The van der Waals surface area contributed by atoms with Gasteiger partial charge in [0.05, 0.1) is 23.2 Å². The number of ether oxygens (including phenoxy) is 2. The van der Waals surface area contributed by atoms with Crippen LogP contribution in [0.15, 0.2) is 12.1 Å². The van der Waals surface area contributed by atoms with E-state index < -0.39 is 17.7 Å². The summed E-state index contributed by atoms with van der Waals surface area (Å²) in [5.41, 5.74) is 0.174. The van der Waals surface area contributed by atoms with E-state index in [2.05, 4.69) is 0 Å². The Morgan fingerprint density at radius 1 is 1.32 bits per heavy atom. The van der Waals surface area contributed by atoms with Gasteiger partial charge < -0.3 is 14.3 Å². The van der Waals surface area contributed by atoms with Crippen LogP contribution < -0.4 is 4.74 Å². The van der Waals surface area contributed by atoms with E-state index in [-0.39, 0.29) is 5.92 Å². The maximum atomic E-state index is 12.3. The molecule has 7 heteroatoms. The minimum Gasteiger partial charge on any atom is -0.496 e. The van der Waals surface area contributed by atoms with Crippen LogP contribution in [-0.4, -0.2) is 42.6 Å². The number of aldehydes is 1. The molecule has 138 valence electrons. The highest BCUT2D eigenvalue weighted by atomic mass is 35.5. The molecule has 1 aliphatic heterocycles. The summed E-state index contributed by atoms with van der Waals surface area (Å²) in [6.45, 7) is 5.79. The number of hydrogen-bond donors (Lipinski definition) is 0. The van der Waals surface area contributed by atoms with Gasteiger partial charge in [-0.2, -0.15) is 0 Å². The molecule has 0 saturated carbocycles. The summed E-state index contributed by atoms with van der Waals surface area (Å²) in [4.78, 5) is 25.4. The Balaban J connectivity index is 2.24. The Kier molecular flexibility index (Phi) is 6.22. The lowest BCUT2D eigenvalue weighted by molar-refractivity contribution is -0.113. The van der Waals surface area contributed by atoms with Crippen LogP contribution in [0.3, 0.4) is 0 Å². The highest BCUT2D eigenvalue weighted by molar-refractivity contribution is 6.42. The number of halogens is 2. The van der Waals surface area contributed by atoms with Gasteiger partial charge in [-0.25, -0.2) is 4.79 Å². The first-order chi connectivity index (χ1) is 11.7. The van der Waals surface area contributed by atoms with Gasteiger partial charge in [-0.1, -0.05) is 23.2 Å². The molecule has 0 N–H and O–H groups in total. The molecule has 25 heavy (non-hydrogen) atoms. The molecule has 1 saturated heterocycles. The molecule has 1 fully saturated rings. The number of methoxy groups -OCH3 is 1. The van der Waals surface area contributed by atoms with E-state index in [9.17, 15) is 9.59 Å². The molecule has 1 aromatic rings. The first-order valence-electron chi connectivity index (χ1n) is 8.14. The topological polar surface area (TPSA) is 55.8 Å². The fraction of sp³-hybridized carbons (Fsp3) is 0.556. The number of amides is 1. The van der Waals surface area contributed by atoms with Crippen molar-refractivity contribution in [3.05, 3.63) is 27.7 Å². The maximum absolute atomic E-state index is 12.3. The zero-order valence-electron chi connectivity index (χ0n) is 14.8. The summed E-state index contributed by atoms with van der Waals surface area (Å²) in [6, 6.07) is 2.87. The smallest absolute Gasteiger partial charge is 0.410 e. The minimum absolute atomic E-state index is 0.0324. The normalized spacial score (nSPS) is 21.0. The van der Waals surface area contributed by atoms with E-state index in [1.165, 1.54) is 4.90 Å². The van der Waals surface area contributed by atoms with Gasteiger partial charge in [-0.15, -0.1) is 0 Å². The molecule has 0 spiro atoms. The van der Waals surface area contributed by atoms with Gasteiger partial charge in [0.25, 0.3) is 0 Å². The average Bonchev–Trinajstić information content (AvgIpc) is 2.55. The predicted octanol–water partition coefficient (Wildman–Crippen LogP) is 4.68. The van der Waals surface area contributed by atoms with Crippen LogP contribution >= 0.6 is 23.2 Å². The van der Waals surface area contributed by atoms with Gasteiger partial charge in [0, 0.05) is 12.1 Å². The third-order valence-electron chi connectivity index (χ3n) is 4.15. The van der Waals surface area contributed by atoms with Crippen LogP contribution in [0.2, 0.25) is 10.0 Å². The highest BCUT2D eigenvalue weighted by Gasteiger charge is 2.36. The van der Waals surface area contributed by atoms with Crippen molar-refractivity contribution < 1.29 is 19.1 Å². The van der Waals surface area contributed by atoms with Crippen molar-refractivity contribution in [2.24, 2.45) is 0 Å². The third-order valence-corrected chi connectivity index (χ3v) is 4.97. The Morgan fingerprint density at radius 2 is 2.00 bits per heavy atom. The van der Waals surface area contributed by atoms with E-state index in [1.807, 2.05) is 0 Å². The molecule has 0 aromatic heterocycles. The number of carbonyl (C=O) groups is 2. The molecule has 1 heterocycles. The second kappa shape index (κ2) is 7.83. The fourth-order valence-electron chi connectivity index (χ4n) is 3.04. The molecule has 1 aliphatic rings. The highest BCUT2D eigenvalue weighted by Crippen LogP contribution is 2.43. The van der Waals surface area contributed by atoms with Crippen LogP contribution in [-0.2, 0) is 9.53 Å². The first-order valence-corrected chi connectivity index (χ1v) is 8.90. The minimum atomic E-state index is -0.610. The van der Waals surface area contributed by atoms with Crippen LogP contribution in [0, 0.1) is 0 Å². The van der Waals surface area contributed by atoms with Crippen molar-refractivity contribution in [2.75, 3.05) is 13.7 Å². The lowest BCUT2D eigenvalue weighted by Gasteiger charge is -2.38. The number of rotatable bonds is 3. The average molecular weight is 388 g/mol. The zero-order chi connectivity index (χ0) is 18.8. The summed E-state index contributed by atoms with van der Waals surface area (Å²) in [5.74, 6) is 0.602. The molecule has 0 bridgehead atoms.